The summed E-state index contributed by atoms with van der Waals surface area (Å²) >= 11 is 6.23. The van der Waals surface area contributed by atoms with Crippen molar-refractivity contribution in [2.75, 3.05) is 13.2 Å². The van der Waals surface area contributed by atoms with Gasteiger partial charge in [-0.25, -0.2) is 4.98 Å². The molecule has 1 saturated heterocycles. The lowest BCUT2D eigenvalue weighted by Crippen LogP contribution is -2.25. The minimum absolute atomic E-state index is 0.257. The molecule has 1 aliphatic heterocycles. The van der Waals surface area contributed by atoms with Gasteiger partial charge < -0.3 is 14.5 Å². The van der Waals surface area contributed by atoms with Crippen LogP contribution in [0.25, 0.3) is 21.9 Å². The summed E-state index contributed by atoms with van der Waals surface area (Å²) in [7, 11) is 0. The minimum Gasteiger partial charge on any atom is -0.376 e. The van der Waals surface area contributed by atoms with E-state index in [4.69, 9.17) is 26.1 Å². The second-order valence-corrected chi connectivity index (χ2v) is 9.81. The van der Waals surface area contributed by atoms with Gasteiger partial charge in [0.2, 0.25) is 0 Å². The van der Waals surface area contributed by atoms with E-state index < -0.39 is 0 Å². The molecule has 170 valence electrons. The smallest absolute Gasteiger partial charge is 0.110 e. The van der Waals surface area contributed by atoms with Gasteiger partial charge in [-0.15, -0.1) is 0 Å². The molecule has 0 unspecified atom stereocenters. The number of benzene rings is 2. The number of aromatic amines is 1. The molecule has 1 saturated carbocycles. The molecule has 2 fully saturated rings. The Labute approximate surface area is 198 Å². The molecule has 1 N–H and O–H groups in total. The summed E-state index contributed by atoms with van der Waals surface area (Å²) in [6.45, 7) is 2.21. The summed E-state index contributed by atoms with van der Waals surface area (Å²) in [4.78, 5) is 13.0. The zero-order valence-electron chi connectivity index (χ0n) is 18.6. The fourth-order valence-electron chi connectivity index (χ4n) is 5.25. The van der Waals surface area contributed by atoms with E-state index in [0.717, 1.165) is 53.6 Å². The molecule has 2 aliphatic rings. The Balaban J connectivity index is 1.14. The quantitative estimate of drug-likeness (QED) is 0.355. The van der Waals surface area contributed by atoms with Gasteiger partial charge in [-0.3, -0.25) is 4.98 Å². The molecule has 1 atom stereocenters. The molecule has 6 rings (SSSR count). The molecule has 2 aromatic carbocycles. The number of H-pyrrole nitrogens is 1. The summed E-state index contributed by atoms with van der Waals surface area (Å²) in [6, 6.07) is 14.5. The maximum atomic E-state index is 6.23. The third-order valence-electron chi connectivity index (χ3n) is 7.16. The average Bonchev–Trinajstić information content (AvgIpc) is 3.24. The predicted octanol–water partition coefficient (Wildman–Crippen LogP) is 6.51. The van der Waals surface area contributed by atoms with Crippen LogP contribution in [0.1, 0.15) is 60.9 Å². The standard InChI is InChI=1S/C27H28ClN3O2/c28-20-8-9-24-23(13-20)26-25(14-29-24)30-27(31-26)19-11-18(12-19)22-7-2-1-5-17(22)15-32-16-21-6-3-4-10-33-21/h1-2,5,7-9,13-14,18-19,21H,3-4,6,10-12,15-16H2,(H,30,31)/t18?,19?,21-/m0/s1. The summed E-state index contributed by atoms with van der Waals surface area (Å²) in [5.74, 6) is 2.03. The normalized spacial score (nSPS) is 23.1. The van der Waals surface area contributed by atoms with Gasteiger partial charge in [0, 0.05) is 22.9 Å². The van der Waals surface area contributed by atoms with Crippen LogP contribution >= 0.6 is 11.6 Å². The van der Waals surface area contributed by atoms with E-state index in [9.17, 15) is 0 Å². The van der Waals surface area contributed by atoms with Crippen LogP contribution in [0, 0.1) is 0 Å². The Hall–Kier alpha value is -2.47. The van der Waals surface area contributed by atoms with E-state index in [-0.39, 0.29) is 6.10 Å². The predicted molar refractivity (Wildman–Crippen MR) is 131 cm³/mol. The fraction of sp³-hybridized carbons (Fsp3) is 0.407. The lowest BCUT2D eigenvalue weighted by Gasteiger charge is -2.35. The van der Waals surface area contributed by atoms with Crippen molar-refractivity contribution >= 4 is 33.5 Å². The molecular weight excluding hydrogens is 434 g/mol. The number of hydrogen-bond donors (Lipinski definition) is 1. The first-order chi connectivity index (χ1) is 16.2. The number of nitrogens with zero attached hydrogens (tertiary/aromatic N) is 2. The topological polar surface area (TPSA) is 60.0 Å². The second-order valence-electron chi connectivity index (χ2n) is 9.37. The molecule has 1 aliphatic carbocycles. The van der Waals surface area contributed by atoms with Crippen LogP contribution in [0.4, 0.5) is 0 Å². The molecule has 0 amide bonds. The lowest BCUT2D eigenvalue weighted by atomic mass is 9.70. The highest BCUT2D eigenvalue weighted by Crippen LogP contribution is 2.48. The van der Waals surface area contributed by atoms with E-state index in [2.05, 4.69) is 34.2 Å². The maximum absolute atomic E-state index is 6.23. The van der Waals surface area contributed by atoms with Crippen molar-refractivity contribution in [3.63, 3.8) is 0 Å². The highest BCUT2D eigenvalue weighted by atomic mass is 35.5. The number of imidazole rings is 1. The number of fused-ring (bicyclic) bond motifs is 3. The van der Waals surface area contributed by atoms with Crippen LogP contribution in [0.2, 0.25) is 5.02 Å². The van der Waals surface area contributed by atoms with Gasteiger partial charge in [0.25, 0.3) is 0 Å². The van der Waals surface area contributed by atoms with Gasteiger partial charge in [0.05, 0.1) is 36.5 Å². The van der Waals surface area contributed by atoms with Crippen molar-refractivity contribution in [1.29, 1.82) is 0 Å². The molecule has 0 spiro atoms. The third kappa shape index (κ3) is 4.25. The Morgan fingerprint density at radius 2 is 1.97 bits per heavy atom. The monoisotopic (exact) mass is 461 g/mol. The van der Waals surface area contributed by atoms with E-state index >= 15 is 0 Å². The van der Waals surface area contributed by atoms with E-state index in [1.807, 2.05) is 24.4 Å². The number of nitrogens with one attached hydrogen (secondary N) is 1. The lowest BCUT2D eigenvalue weighted by molar-refractivity contribution is -0.0449. The second kappa shape index (κ2) is 9.05. The van der Waals surface area contributed by atoms with Crippen molar-refractivity contribution < 1.29 is 9.47 Å². The summed E-state index contributed by atoms with van der Waals surface area (Å²) < 4.78 is 11.9. The Bertz CT molecular complexity index is 1280. The van der Waals surface area contributed by atoms with Crippen LogP contribution in [0.5, 0.6) is 0 Å². The van der Waals surface area contributed by atoms with E-state index in [1.165, 1.54) is 24.0 Å². The first kappa shape index (κ1) is 21.1. The summed E-state index contributed by atoms with van der Waals surface area (Å²) in [5, 5.41) is 1.74. The molecule has 0 bridgehead atoms. The van der Waals surface area contributed by atoms with Gasteiger partial charge in [-0.2, -0.15) is 0 Å². The highest BCUT2D eigenvalue weighted by molar-refractivity contribution is 6.31. The van der Waals surface area contributed by atoms with Crippen molar-refractivity contribution in [2.45, 2.75) is 56.7 Å². The first-order valence-electron chi connectivity index (χ1n) is 12.0. The SMILES string of the molecule is Clc1ccc2ncc3nc(C4CC(c5ccccc5COC[C@@H]5CCCCO5)C4)[nH]c3c2c1. The number of halogens is 1. The van der Waals surface area contributed by atoms with Crippen LogP contribution in [0.3, 0.4) is 0 Å². The molecule has 6 heteroatoms. The first-order valence-corrected chi connectivity index (χ1v) is 12.3. The molecule has 33 heavy (non-hydrogen) atoms. The van der Waals surface area contributed by atoms with Gasteiger partial charge >= 0.3 is 0 Å². The van der Waals surface area contributed by atoms with Crippen molar-refractivity contribution in [3.05, 3.63) is 70.6 Å². The van der Waals surface area contributed by atoms with Gasteiger partial charge in [0.15, 0.2) is 0 Å². The maximum Gasteiger partial charge on any atom is 0.110 e. The van der Waals surface area contributed by atoms with Crippen molar-refractivity contribution in [3.8, 4) is 0 Å². The average molecular weight is 462 g/mol. The molecule has 3 heterocycles. The van der Waals surface area contributed by atoms with Crippen molar-refractivity contribution in [1.82, 2.24) is 15.0 Å². The molecule has 2 aromatic heterocycles. The fourth-order valence-corrected chi connectivity index (χ4v) is 5.42. The zero-order chi connectivity index (χ0) is 22.2. The van der Waals surface area contributed by atoms with Gasteiger partial charge in [-0.05, 0) is 67.3 Å². The highest BCUT2D eigenvalue weighted by Gasteiger charge is 2.34. The third-order valence-corrected chi connectivity index (χ3v) is 7.39. The minimum atomic E-state index is 0.257. The Morgan fingerprint density at radius 3 is 2.85 bits per heavy atom. The molecule has 5 nitrogen and oxygen atoms in total. The van der Waals surface area contributed by atoms with E-state index in [0.29, 0.717) is 30.1 Å². The van der Waals surface area contributed by atoms with Crippen LogP contribution in [-0.4, -0.2) is 34.3 Å². The van der Waals surface area contributed by atoms with E-state index in [1.54, 1.807) is 0 Å². The van der Waals surface area contributed by atoms with Crippen molar-refractivity contribution in [2.24, 2.45) is 0 Å². The number of aromatic nitrogens is 3. The number of rotatable bonds is 6. The molecular formula is C27H28ClN3O2. The summed E-state index contributed by atoms with van der Waals surface area (Å²) in [6.07, 6.45) is 7.82. The van der Waals surface area contributed by atoms with Gasteiger partial charge in [-0.1, -0.05) is 35.9 Å². The number of hydrogen-bond acceptors (Lipinski definition) is 4. The summed E-state index contributed by atoms with van der Waals surface area (Å²) in [5.41, 5.74) is 5.57. The van der Waals surface area contributed by atoms with Crippen LogP contribution in [-0.2, 0) is 16.1 Å². The molecule has 0 radical (unpaired) electrons. The zero-order valence-corrected chi connectivity index (χ0v) is 19.4. The number of ether oxygens (including phenoxy) is 2. The van der Waals surface area contributed by atoms with Crippen LogP contribution < -0.4 is 0 Å². The Kier molecular flexibility index (Phi) is 5.78. The molecule has 4 aromatic rings. The largest absolute Gasteiger partial charge is 0.376 e. The van der Waals surface area contributed by atoms with Gasteiger partial charge in [0.1, 0.15) is 11.3 Å². The van der Waals surface area contributed by atoms with Crippen LogP contribution in [0.15, 0.2) is 48.7 Å². The Morgan fingerprint density at radius 1 is 1.06 bits per heavy atom. The number of pyridine rings is 1.